The van der Waals surface area contributed by atoms with E-state index in [1.54, 1.807) is 25.3 Å². The van der Waals surface area contributed by atoms with Crippen molar-refractivity contribution in [3.63, 3.8) is 0 Å². The van der Waals surface area contributed by atoms with Gasteiger partial charge >= 0.3 is 0 Å². The third-order valence-corrected chi connectivity index (χ3v) is 4.01. The van der Waals surface area contributed by atoms with Crippen LogP contribution in [0.5, 0.6) is 5.75 Å². The molecular weight excluding hydrogens is 380 g/mol. The van der Waals surface area contributed by atoms with Gasteiger partial charge in [0.25, 0.3) is 0 Å². The quantitative estimate of drug-likeness (QED) is 0.565. The van der Waals surface area contributed by atoms with Crippen molar-refractivity contribution in [3.05, 3.63) is 58.6 Å². The monoisotopic (exact) mass is 393 g/mol. The number of nitrogen functional groups attached to an aromatic ring is 1. The fourth-order valence-electron chi connectivity index (χ4n) is 2.21. The number of ether oxygens (including phenoxy) is 1. The lowest BCUT2D eigenvalue weighted by Crippen LogP contribution is -2.06. The number of anilines is 5. The predicted molar refractivity (Wildman–Crippen MR) is 102 cm³/mol. The average molecular weight is 394 g/mol. The van der Waals surface area contributed by atoms with Crippen molar-refractivity contribution < 1.29 is 9.13 Å². The van der Waals surface area contributed by atoms with Gasteiger partial charge in [-0.1, -0.05) is 23.2 Å². The second kappa shape index (κ2) is 7.63. The summed E-state index contributed by atoms with van der Waals surface area (Å²) in [4.78, 5) is 8.25. The molecule has 1 aromatic heterocycles. The Morgan fingerprint density at radius 1 is 1.04 bits per heavy atom. The number of nitrogens with zero attached hydrogens (tertiary/aromatic N) is 2. The van der Waals surface area contributed by atoms with E-state index in [4.69, 9.17) is 33.7 Å². The lowest BCUT2D eigenvalue weighted by molar-refractivity contribution is 0.417. The summed E-state index contributed by atoms with van der Waals surface area (Å²) in [7, 11) is 1.54. The van der Waals surface area contributed by atoms with E-state index < -0.39 is 5.82 Å². The molecule has 0 radical (unpaired) electrons. The number of nitrogens with two attached hydrogens (primary N) is 1. The molecule has 0 fully saturated rings. The van der Waals surface area contributed by atoms with Crippen molar-refractivity contribution in [1.29, 1.82) is 0 Å². The smallest absolute Gasteiger partial charge is 0.159 e. The van der Waals surface area contributed by atoms with Crippen LogP contribution in [0.4, 0.5) is 33.1 Å². The minimum atomic E-state index is -0.511. The molecule has 0 saturated heterocycles. The van der Waals surface area contributed by atoms with Gasteiger partial charge in [-0.05, 0) is 36.4 Å². The minimum absolute atomic E-state index is 0.00959. The van der Waals surface area contributed by atoms with E-state index in [0.29, 0.717) is 33.8 Å². The van der Waals surface area contributed by atoms with Crippen molar-refractivity contribution in [1.82, 2.24) is 9.97 Å². The van der Waals surface area contributed by atoms with E-state index >= 15 is 0 Å². The molecule has 0 atom stereocenters. The van der Waals surface area contributed by atoms with E-state index in [0.717, 1.165) is 0 Å². The van der Waals surface area contributed by atoms with Crippen LogP contribution in [0.15, 0.2) is 42.7 Å². The molecule has 0 spiro atoms. The SMILES string of the molecule is COc1ccc(Cl)cc1Nc1ncnc(Nc2ccc(F)c(Cl)c2)c1N. The lowest BCUT2D eigenvalue weighted by atomic mass is 10.2. The molecule has 1 heterocycles. The summed E-state index contributed by atoms with van der Waals surface area (Å²) in [6.45, 7) is 0. The second-order valence-electron chi connectivity index (χ2n) is 5.21. The van der Waals surface area contributed by atoms with Gasteiger partial charge in [0.05, 0.1) is 17.8 Å². The van der Waals surface area contributed by atoms with Crippen LogP contribution in [0.25, 0.3) is 0 Å². The molecule has 2 aromatic carbocycles. The topological polar surface area (TPSA) is 85.1 Å². The average Bonchev–Trinajstić information content (AvgIpc) is 2.62. The van der Waals surface area contributed by atoms with Gasteiger partial charge in [-0.3, -0.25) is 0 Å². The predicted octanol–water partition coefficient (Wildman–Crippen LogP) is 5.00. The molecule has 0 aliphatic carbocycles. The van der Waals surface area contributed by atoms with E-state index in [1.165, 1.54) is 24.5 Å². The van der Waals surface area contributed by atoms with Crippen molar-refractivity contribution in [2.45, 2.75) is 0 Å². The Labute approximate surface area is 159 Å². The third kappa shape index (κ3) is 3.89. The van der Waals surface area contributed by atoms with E-state index in [9.17, 15) is 4.39 Å². The molecule has 0 aliphatic heterocycles. The maximum absolute atomic E-state index is 13.3. The standard InChI is InChI=1S/C17H14Cl2FN5O/c1-26-14-5-2-9(18)6-13(14)25-17-15(21)16(22-8-23-17)24-10-3-4-12(20)11(19)7-10/h2-8H,21H2,1H3,(H2,22,23,24,25). The van der Waals surface area contributed by atoms with Gasteiger partial charge in [0.15, 0.2) is 11.6 Å². The fraction of sp³-hybridized carbons (Fsp3) is 0.0588. The van der Waals surface area contributed by atoms with Gasteiger partial charge in [-0.25, -0.2) is 14.4 Å². The molecule has 0 aliphatic rings. The molecule has 0 unspecified atom stereocenters. The maximum atomic E-state index is 13.3. The Morgan fingerprint density at radius 2 is 1.77 bits per heavy atom. The maximum Gasteiger partial charge on any atom is 0.159 e. The van der Waals surface area contributed by atoms with E-state index in [-0.39, 0.29) is 10.7 Å². The summed E-state index contributed by atoms with van der Waals surface area (Å²) in [5.74, 6) is 0.762. The summed E-state index contributed by atoms with van der Waals surface area (Å²) in [6, 6.07) is 9.33. The highest BCUT2D eigenvalue weighted by atomic mass is 35.5. The Bertz CT molecular complexity index is 954. The van der Waals surface area contributed by atoms with Crippen LogP contribution in [0, 0.1) is 5.82 Å². The van der Waals surface area contributed by atoms with Gasteiger partial charge in [0.1, 0.15) is 23.6 Å². The van der Waals surface area contributed by atoms with E-state index in [1.807, 2.05) is 0 Å². The highest BCUT2D eigenvalue weighted by Crippen LogP contribution is 2.34. The van der Waals surface area contributed by atoms with Crippen LogP contribution in [-0.4, -0.2) is 17.1 Å². The van der Waals surface area contributed by atoms with Gasteiger partial charge in [0.2, 0.25) is 0 Å². The van der Waals surface area contributed by atoms with Crippen LogP contribution >= 0.6 is 23.2 Å². The summed E-state index contributed by atoms with van der Waals surface area (Å²) in [5, 5.41) is 6.57. The van der Waals surface area contributed by atoms with Crippen LogP contribution in [-0.2, 0) is 0 Å². The first-order chi connectivity index (χ1) is 12.5. The summed E-state index contributed by atoms with van der Waals surface area (Å²) >= 11 is 11.8. The highest BCUT2D eigenvalue weighted by Gasteiger charge is 2.12. The normalized spacial score (nSPS) is 10.5. The Kier molecular flexibility index (Phi) is 5.29. The number of benzene rings is 2. The molecule has 26 heavy (non-hydrogen) atoms. The largest absolute Gasteiger partial charge is 0.495 e. The first-order valence-electron chi connectivity index (χ1n) is 7.41. The molecular formula is C17H14Cl2FN5O. The zero-order valence-corrected chi connectivity index (χ0v) is 15.1. The zero-order chi connectivity index (χ0) is 18.7. The van der Waals surface area contributed by atoms with Crippen molar-refractivity contribution in [2.24, 2.45) is 0 Å². The Morgan fingerprint density at radius 3 is 2.46 bits per heavy atom. The molecule has 0 saturated carbocycles. The van der Waals surface area contributed by atoms with Crippen molar-refractivity contribution in [2.75, 3.05) is 23.5 Å². The van der Waals surface area contributed by atoms with Crippen molar-refractivity contribution in [3.8, 4) is 5.75 Å². The summed E-state index contributed by atoms with van der Waals surface area (Å²) < 4.78 is 18.6. The number of nitrogens with one attached hydrogen (secondary N) is 2. The molecule has 3 rings (SSSR count). The van der Waals surface area contributed by atoms with Gasteiger partial charge in [-0.2, -0.15) is 0 Å². The first kappa shape index (κ1) is 18.0. The molecule has 9 heteroatoms. The number of hydrogen-bond donors (Lipinski definition) is 3. The number of hydrogen-bond acceptors (Lipinski definition) is 6. The number of methoxy groups -OCH3 is 1. The van der Waals surface area contributed by atoms with Gasteiger partial charge < -0.3 is 21.1 Å². The lowest BCUT2D eigenvalue weighted by Gasteiger charge is -2.14. The summed E-state index contributed by atoms with van der Waals surface area (Å²) in [6.07, 6.45) is 1.34. The Balaban J connectivity index is 1.90. The minimum Gasteiger partial charge on any atom is -0.495 e. The number of aromatic nitrogens is 2. The van der Waals surface area contributed by atoms with Crippen LogP contribution in [0.3, 0.4) is 0 Å². The Hall–Kier alpha value is -2.77. The van der Waals surface area contributed by atoms with Crippen LogP contribution in [0.1, 0.15) is 0 Å². The summed E-state index contributed by atoms with van der Waals surface area (Å²) in [5.41, 5.74) is 7.54. The van der Waals surface area contributed by atoms with Crippen LogP contribution < -0.4 is 21.1 Å². The molecule has 0 amide bonds. The van der Waals surface area contributed by atoms with E-state index in [2.05, 4.69) is 20.6 Å². The molecule has 3 aromatic rings. The molecule has 6 nitrogen and oxygen atoms in total. The number of halogens is 3. The van der Waals surface area contributed by atoms with Gasteiger partial charge in [0, 0.05) is 10.7 Å². The zero-order valence-electron chi connectivity index (χ0n) is 13.6. The third-order valence-electron chi connectivity index (χ3n) is 3.48. The highest BCUT2D eigenvalue weighted by molar-refractivity contribution is 6.31. The molecule has 134 valence electrons. The number of rotatable bonds is 5. The fourth-order valence-corrected chi connectivity index (χ4v) is 2.56. The van der Waals surface area contributed by atoms with Gasteiger partial charge in [-0.15, -0.1) is 0 Å². The second-order valence-corrected chi connectivity index (χ2v) is 6.05. The first-order valence-corrected chi connectivity index (χ1v) is 8.16. The van der Waals surface area contributed by atoms with Crippen LogP contribution in [0.2, 0.25) is 10.0 Å². The molecule has 4 N–H and O–H groups in total. The molecule has 0 bridgehead atoms. The van der Waals surface area contributed by atoms with Crippen molar-refractivity contribution >= 4 is 51.9 Å².